The molecule has 0 atom stereocenters. The molecule has 80 valence electrons. The van der Waals surface area contributed by atoms with Crippen molar-refractivity contribution in [2.24, 2.45) is 0 Å². The molecule has 0 aliphatic rings. The van der Waals surface area contributed by atoms with Crippen molar-refractivity contribution >= 4 is 0 Å². The Bertz CT molecular complexity index is 98.9. The first-order valence-corrected chi connectivity index (χ1v) is 5.18. The fraction of sp³-hybridized carbons (Fsp3) is 1.00. The number of unbranched alkanes of at least 4 members (excludes halogenated alkanes) is 1. The summed E-state index contributed by atoms with van der Waals surface area (Å²) >= 11 is 0. The summed E-state index contributed by atoms with van der Waals surface area (Å²) in [5, 5.41) is 8.61. The Morgan fingerprint density at radius 1 is 1.15 bits per heavy atom. The molecule has 0 unspecified atom stereocenters. The van der Waals surface area contributed by atoms with E-state index < -0.39 is 0 Å². The lowest BCUT2D eigenvalue weighted by Gasteiger charge is -2.15. The molecule has 0 aromatic carbocycles. The second-order valence-electron chi connectivity index (χ2n) is 3.28. The van der Waals surface area contributed by atoms with Gasteiger partial charge in [0.1, 0.15) is 0 Å². The molecule has 0 rings (SSSR count). The molecule has 0 radical (unpaired) electrons. The van der Waals surface area contributed by atoms with Gasteiger partial charge in [-0.25, -0.2) is 0 Å². The molecule has 13 heavy (non-hydrogen) atoms. The number of hydrogen-bond donors (Lipinski definition) is 1. The number of aliphatic hydroxyl groups is 1. The van der Waals surface area contributed by atoms with E-state index in [1.807, 2.05) is 6.92 Å². The van der Waals surface area contributed by atoms with Crippen LogP contribution in [0.15, 0.2) is 0 Å². The average molecular weight is 189 g/mol. The van der Waals surface area contributed by atoms with Gasteiger partial charge in [0, 0.05) is 26.4 Å². The lowest BCUT2D eigenvalue weighted by molar-refractivity contribution is 0.140. The van der Waals surface area contributed by atoms with Crippen LogP contribution >= 0.6 is 0 Å². The Kier molecular flexibility index (Phi) is 9.87. The SMILES string of the molecule is CCOCCCCN(C)CCCO. The molecule has 0 bridgehead atoms. The summed E-state index contributed by atoms with van der Waals surface area (Å²) in [5.41, 5.74) is 0. The van der Waals surface area contributed by atoms with Crippen LogP contribution in [0, 0.1) is 0 Å². The molecule has 1 N–H and O–H groups in total. The monoisotopic (exact) mass is 189 g/mol. The van der Waals surface area contributed by atoms with Crippen molar-refractivity contribution in [3.05, 3.63) is 0 Å². The van der Waals surface area contributed by atoms with Crippen molar-refractivity contribution < 1.29 is 9.84 Å². The van der Waals surface area contributed by atoms with E-state index in [9.17, 15) is 0 Å². The van der Waals surface area contributed by atoms with Gasteiger partial charge in [0.05, 0.1) is 0 Å². The molecule has 0 aromatic heterocycles. The number of ether oxygens (including phenoxy) is 1. The van der Waals surface area contributed by atoms with Gasteiger partial charge in [0.2, 0.25) is 0 Å². The van der Waals surface area contributed by atoms with E-state index in [2.05, 4.69) is 11.9 Å². The van der Waals surface area contributed by atoms with Crippen LogP contribution in [0.3, 0.4) is 0 Å². The summed E-state index contributed by atoms with van der Waals surface area (Å²) in [4.78, 5) is 2.25. The molecule has 0 saturated heterocycles. The third kappa shape index (κ3) is 9.80. The van der Waals surface area contributed by atoms with Crippen LogP contribution in [-0.2, 0) is 4.74 Å². The predicted octanol–water partition coefficient (Wildman–Crippen LogP) is 1.12. The van der Waals surface area contributed by atoms with Crippen LogP contribution in [-0.4, -0.2) is 50.0 Å². The molecule has 0 fully saturated rings. The van der Waals surface area contributed by atoms with E-state index in [-0.39, 0.29) is 0 Å². The first kappa shape index (κ1) is 12.9. The molecule has 0 heterocycles. The van der Waals surface area contributed by atoms with Crippen LogP contribution in [0.5, 0.6) is 0 Å². The smallest absolute Gasteiger partial charge is 0.0466 e. The van der Waals surface area contributed by atoms with Crippen molar-refractivity contribution in [3.63, 3.8) is 0 Å². The van der Waals surface area contributed by atoms with Crippen molar-refractivity contribution in [1.82, 2.24) is 4.90 Å². The Morgan fingerprint density at radius 2 is 1.85 bits per heavy atom. The second kappa shape index (κ2) is 9.96. The van der Waals surface area contributed by atoms with Crippen molar-refractivity contribution in [3.8, 4) is 0 Å². The van der Waals surface area contributed by atoms with Crippen molar-refractivity contribution in [2.75, 3.05) is 40.0 Å². The minimum atomic E-state index is 0.295. The van der Waals surface area contributed by atoms with E-state index in [4.69, 9.17) is 9.84 Å². The highest BCUT2D eigenvalue weighted by atomic mass is 16.5. The quantitative estimate of drug-likeness (QED) is 0.552. The fourth-order valence-corrected chi connectivity index (χ4v) is 1.18. The van der Waals surface area contributed by atoms with Gasteiger partial charge >= 0.3 is 0 Å². The molecule has 0 amide bonds. The van der Waals surface area contributed by atoms with Crippen LogP contribution in [0.2, 0.25) is 0 Å². The van der Waals surface area contributed by atoms with Gasteiger partial charge in [-0.2, -0.15) is 0 Å². The van der Waals surface area contributed by atoms with Gasteiger partial charge < -0.3 is 14.7 Å². The average Bonchev–Trinajstić information content (AvgIpc) is 2.14. The molecular weight excluding hydrogens is 166 g/mol. The zero-order valence-electron chi connectivity index (χ0n) is 8.96. The lowest BCUT2D eigenvalue weighted by Crippen LogP contribution is -2.21. The van der Waals surface area contributed by atoms with E-state index in [1.54, 1.807) is 0 Å². The maximum Gasteiger partial charge on any atom is 0.0466 e. The Morgan fingerprint density at radius 3 is 2.46 bits per heavy atom. The Balaban J connectivity index is 3.03. The first-order chi connectivity index (χ1) is 6.31. The van der Waals surface area contributed by atoms with Gasteiger partial charge in [-0.3, -0.25) is 0 Å². The summed E-state index contributed by atoms with van der Waals surface area (Å²) in [5.74, 6) is 0. The van der Waals surface area contributed by atoms with Gasteiger partial charge in [0.25, 0.3) is 0 Å². The highest BCUT2D eigenvalue weighted by molar-refractivity contribution is 4.51. The maximum absolute atomic E-state index is 8.61. The highest BCUT2D eigenvalue weighted by Gasteiger charge is 1.96. The molecule has 0 aliphatic heterocycles. The minimum absolute atomic E-state index is 0.295. The van der Waals surface area contributed by atoms with E-state index in [0.29, 0.717) is 6.61 Å². The predicted molar refractivity (Wildman–Crippen MR) is 54.9 cm³/mol. The molecule has 0 aromatic rings. The molecule has 0 spiro atoms. The van der Waals surface area contributed by atoms with E-state index >= 15 is 0 Å². The first-order valence-electron chi connectivity index (χ1n) is 5.18. The second-order valence-corrected chi connectivity index (χ2v) is 3.28. The van der Waals surface area contributed by atoms with Crippen molar-refractivity contribution in [1.29, 1.82) is 0 Å². The standard InChI is InChI=1S/C10H23NO2/c1-3-13-10-5-4-7-11(2)8-6-9-12/h12H,3-10H2,1-2H3. The number of hydrogen-bond acceptors (Lipinski definition) is 3. The van der Waals surface area contributed by atoms with Gasteiger partial charge in [-0.15, -0.1) is 0 Å². The molecule has 3 nitrogen and oxygen atoms in total. The largest absolute Gasteiger partial charge is 0.396 e. The minimum Gasteiger partial charge on any atom is -0.396 e. The maximum atomic E-state index is 8.61. The summed E-state index contributed by atoms with van der Waals surface area (Å²) in [6.07, 6.45) is 3.20. The van der Waals surface area contributed by atoms with Crippen LogP contribution in [0.4, 0.5) is 0 Å². The summed E-state index contributed by atoms with van der Waals surface area (Å²) in [6.45, 7) is 6.11. The zero-order chi connectivity index (χ0) is 9.94. The molecule has 0 aliphatic carbocycles. The van der Waals surface area contributed by atoms with Crippen LogP contribution in [0.1, 0.15) is 26.2 Å². The Hall–Kier alpha value is -0.120. The Labute approximate surface area is 81.7 Å². The molecule has 3 heteroatoms. The van der Waals surface area contributed by atoms with Crippen LogP contribution < -0.4 is 0 Å². The van der Waals surface area contributed by atoms with Gasteiger partial charge in [0.15, 0.2) is 0 Å². The van der Waals surface area contributed by atoms with Gasteiger partial charge in [-0.1, -0.05) is 0 Å². The fourth-order valence-electron chi connectivity index (χ4n) is 1.18. The van der Waals surface area contributed by atoms with E-state index in [0.717, 1.165) is 39.1 Å². The third-order valence-corrected chi connectivity index (χ3v) is 1.98. The summed E-state index contributed by atoms with van der Waals surface area (Å²) < 4.78 is 5.24. The summed E-state index contributed by atoms with van der Waals surface area (Å²) in [7, 11) is 2.09. The topological polar surface area (TPSA) is 32.7 Å². The number of rotatable bonds is 9. The summed E-state index contributed by atoms with van der Waals surface area (Å²) in [6, 6.07) is 0. The number of nitrogens with zero attached hydrogens (tertiary/aromatic N) is 1. The molecule has 0 saturated carbocycles. The van der Waals surface area contributed by atoms with Crippen molar-refractivity contribution in [2.45, 2.75) is 26.2 Å². The van der Waals surface area contributed by atoms with E-state index in [1.165, 1.54) is 6.42 Å². The number of aliphatic hydroxyl groups excluding tert-OH is 1. The normalized spacial score (nSPS) is 11.1. The highest BCUT2D eigenvalue weighted by Crippen LogP contribution is 1.94. The third-order valence-electron chi connectivity index (χ3n) is 1.98. The van der Waals surface area contributed by atoms with Gasteiger partial charge in [-0.05, 0) is 39.8 Å². The van der Waals surface area contributed by atoms with Crippen LogP contribution in [0.25, 0.3) is 0 Å². The lowest BCUT2D eigenvalue weighted by atomic mass is 10.3. The molecular formula is C10H23NO2. The zero-order valence-corrected chi connectivity index (χ0v) is 8.96.